The number of carbonyl (C=O) groups is 3. The van der Waals surface area contributed by atoms with E-state index in [2.05, 4.69) is 10.6 Å². The second-order valence-corrected chi connectivity index (χ2v) is 5.63. The van der Waals surface area contributed by atoms with Gasteiger partial charge in [0.15, 0.2) is 6.61 Å². The maximum Gasteiger partial charge on any atom is 0.355 e. The van der Waals surface area contributed by atoms with Crippen molar-refractivity contribution in [3.8, 4) is 0 Å². The van der Waals surface area contributed by atoms with Crippen LogP contribution in [0.5, 0.6) is 0 Å². The fraction of sp³-hybridized carbons (Fsp3) is 0.150. The molecule has 2 N–H and O–H groups in total. The lowest BCUT2D eigenvalue weighted by Gasteiger charge is -2.10. The molecule has 27 heavy (non-hydrogen) atoms. The van der Waals surface area contributed by atoms with Crippen LogP contribution >= 0.6 is 0 Å². The molecule has 2 rings (SSSR count). The minimum absolute atomic E-state index is 0.0694. The van der Waals surface area contributed by atoms with Gasteiger partial charge in [-0.25, -0.2) is 9.18 Å². The summed E-state index contributed by atoms with van der Waals surface area (Å²) in [5, 5.41) is 4.95. The summed E-state index contributed by atoms with van der Waals surface area (Å²) in [6, 6.07) is 14.6. The van der Waals surface area contributed by atoms with Crippen LogP contribution in [0.25, 0.3) is 6.08 Å². The number of ether oxygens (including phenoxy) is 1. The molecule has 6 nitrogen and oxygen atoms in total. The first-order valence-corrected chi connectivity index (χ1v) is 8.16. The van der Waals surface area contributed by atoms with Gasteiger partial charge in [0.25, 0.3) is 5.91 Å². The highest BCUT2D eigenvalue weighted by Gasteiger charge is 2.14. The highest BCUT2D eigenvalue weighted by Crippen LogP contribution is 2.06. The molecule has 0 radical (unpaired) electrons. The summed E-state index contributed by atoms with van der Waals surface area (Å²) in [5.41, 5.74) is 1.33. The Hall–Kier alpha value is -3.48. The Morgan fingerprint density at radius 1 is 1.04 bits per heavy atom. The highest BCUT2D eigenvalue weighted by molar-refractivity contribution is 5.98. The van der Waals surface area contributed by atoms with Gasteiger partial charge in [0.1, 0.15) is 11.5 Å². The molecule has 0 aliphatic carbocycles. The Kier molecular flexibility index (Phi) is 7.25. The number of nitrogens with one attached hydrogen (secondary N) is 2. The van der Waals surface area contributed by atoms with Gasteiger partial charge in [0, 0.05) is 13.5 Å². The maximum atomic E-state index is 12.8. The number of hydrogen-bond acceptors (Lipinski definition) is 4. The van der Waals surface area contributed by atoms with Crippen molar-refractivity contribution < 1.29 is 23.5 Å². The van der Waals surface area contributed by atoms with E-state index in [9.17, 15) is 18.8 Å². The van der Waals surface area contributed by atoms with Crippen molar-refractivity contribution in [2.75, 3.05) is 6.61 Å². The molecule has 2 amide bonds. The molecule has 0 fully saturated rings. The van der Waals surface area contributed by atoms with Gasteiger partial charge in [-0.05, 0) is 29.3 Å². The average Bonchev–Trinajstić information content (AvgIpc) is 2.65. The minimum Gasteiger partial charge on any atom is -0.451 e. The van der Waals surface area contributed by atoms with Crippen LogP contribution in [-0.4, -0.2) is 24.4 Å². The number of esters is 1. The van der Waals surface area contributed by atoms with E-state index < -0.39 is 24.4 Å². The largest absolute Gasteiger partial charge is 0.451 e. The predicted molar refractivity (Wildman–Crippen MR) is 97.4 cm³/mol. The maximum absolute atomic E-state index is 12.8. The third kappa shape index (κ3) is 7.11. The zero-order chi connectivity index (χ0) is 19.6. The Morgan fingerprint density at radius 3 is 2.33 bits per heavy atom. The molecule has 0 aliphatic rings. The minimum atomic E-state index is -0.828. The first-order chi connectivity index (χ1) is 12.9. The standard InChI is InChI=1S/C20H19FN2O4/c1-14(24)23-18(11-15-5-3-2-4-6-15)20(26)27-13-19(25)22-12-16-7-9-17(21)10-8-16/h2-11H,12-13H2,1H3,(H,22,25)(H,23,24)/b18-11+. The zero-order valence-corrected chi connectivity index (χ0v) is 14.7. The van der Waals surface area contributed by atoms with Crippen LogP contribution in [0, 0.1) is 5.82 Å². The monoisotopic (exact) mass is 370 g/mol. The molecule has 0 heterocycles. The van der Waals surface area contributed by atoms with Crippen molar-refractivity contribution in [3.63, 3.8) is 0 Å². The summed E-state index contributed by atoms with van der Waals surface area (Å²) in [6.07, 6.45) is 1.46. The van der Waals surface area contributed by atoms with Crippen LogP contribution in [0.1, 0.15) is 18.1 Å². The van der Waals surface area contributed by atoms with Crippen molar-refractivity contribution in [3.05, 3.63) is 77.2 Å². The van der Waals surface area contributed by atoms with Gasteiger partial charge in [0.05, 0.1) is 0 Å². The Morgan fingerprint density at radius 2 is 1.70 bits per heavy atom. The quantitative estimate of drug-likeness (QED) is 0.578. The van der Waals surface area contributed by atoms with Gasteiger partial charge >= 0.3 is 5.97 Å². The summed E-state index contributed by atoms with van der Waals surface area (Å²) in [4.78, 5) is 35.3. The van der Waals surface area contributed by atoms with Crippen molar-refractivity contribution in [2.45, 2.75) is 13.5 Å². The lowest BCUT2D eigenvalue weighted by Crippen LogP contribution is -2.31. The number of rotatable bonds is 7. The molecule has 0 bridgehead atoms. The van der Waals surface area contributed by atoms with Crippen LogP contribution in [-0.2, 0) is 25.7 Å². The van der Waals surface area contributed by atoms with Crippen LogP contribution < -0.4 is 10.6 Å². The molecule has 0 atom stereocenters. The van der Waals surface area contributed by atoms with E-state index in [0.29, 0.717) is 11.1 Å². The van der Waals surface area contributed by atoms with Gasteiger partial charge in [-0.3, -0.25) is 9.59 Å². The van der Waals surface area contributed by atoms with E-state index in [-0.39, 0.29) is 18.1 Å². The van der Waals surface area contributed by atoms with Gasteiger partial charge in [-0.15, -0.1) is 0 Å². The Bertz CT molecular complexity index is 833. The van der Waals surface area contributed by atoms with E-state index in [0.717, 1.165) is 0 Å². The van der Waals surface area contributed by atoms with Crippen LogP contribution in [0.2, 0.25) is 0 Å². The molecule has 0 saturated carbocycles. The van der Waals surface area contributed by atoms with E-state index in [1.54, 1.807) is 36.4 Å². The molecule has 0 saturated heterocycles. The predicted octanol–water partition coefficient (Wildman–Crippen LogP) is 2.16. The van der Waals surface area contributed by atoms with Crippen LogP contribution in [0.3, 0.4) is 0 Å². The number of amides is 2. The van der Waals surface area contributed by atoms with E-state index >= 15 is 0 Å². The molecular formula is C20H19FN2O4. The molecule has 0 aromatic heterocycles. The fourth-order valence-electron chi connectivity index (χ4n) is 2.11. The summed E-state index contributed by atoms with van der Waals surface area (Å²) in [7, 11) is 0. The molecule has 0 aliphatic heterocycles. The van der Waals surface area contributed by atoms with E-state index in [4.69, 9.17) is 4.74 Å². The van der Waals surface area contributed by atoms with Crippen molar-refractivity contribution >= 4 is 23.9 Å². The third-order valence-corrected chi connectivity index (χ3v) is 3.38. The molecular weight excluding hydrogens is 351 g/mol. The smallest absolute Gasteiger partial charge is 0.355 e. The summed E-state index contributed by atoms with van der Waals surface area (Å²) in [6.45, 7) is 0.933. The SMILES string of the molecule is CC(=O)N/C(=C/c1ccccc1)C(=O)OCC(=O)NCc1ccc(F)cc1. The van der Waals surface area contributed by atoms with Gasteiger partial charge in [-0.2, -0.15) is 0 Å². The zero-order valence-electron chi connectivity index (χ0n) is 14.7. The molecule has 2 aromatic rings. The second kappa shape index (κ2) is 9.86. The number of halogens is 1. The summed E-state index contributed by atoms with van der Waals surface area (Å²) in [5.74, 6) is -2.15. The highest BCUT2D eigenvalue weighted by atomic mass is 19.1. The van der Waals surface area contributed by atoms with E-state index in [1.807, 2.05) is 6.07 Å². The van der Waals surface area contributed by atoms with Gasteiger partial charge in [-0.1, -0.05) is 42.5 Å². The lowest BCUT2D eigenvalue weighted by molar-refractivity contribution is -0.145. The molecule has 0 unspecified atom stereocenters. The number of hydrogen-bond donors (Lipinski definition) is 2. The summed E-state index contributed by atoms with van der Waals surface area (Å²) < 4.78 is 17.8. The van der Waals surface area contributed by atoms with Crippen LogP contribution in [0.15, 0.2) is 60.3 Å². The van der Waals surface area contributed by atoms with Crippen LogP contribution in [0.4, 0.5) is 4.39 Å². The fourth-order valence-corrected chi connectivity index (χ4v) is 2.11. The van der Waals surface area contributed by atoms with Crippen molar-refractivity contribution in [1.82, 2.24) is 10.6 Å². The molecule has 7 heteroatoms. The second-order valence-electron chi connectivity index (χ2n) is 5.63. The first kappa shape index (κ1) is 19.8. The third-order valence-electron chi connectivity index (χ3n) is 3.38. The number of carbonyl (C=O) groups excluding carboxylic acids is 3. The van der Waals surface area contributed by atoms with Gasteiger partial charge in [0.2, 0.25) is 5.91 Å². The Labute approximate surface area is 156 Å². The number of benzene rings is 2. The van der Waals surface area contributed by atoms with E-state index in [1.165, 1.54) is 25.1 Å². The molecule has 140 valence electrons. The normalized spacial score (nSPS) is 10.8. The topological polar surface area (TPSA) is 84.5 Å². The summed E-state index contributed by atoms with van der Waals surface area (Å²) >= 11 is 0. The van der Waals surface area contributed by atoms with Crippen molar-refractivity contribution in [1.29, 1.82) is 0 Å². The first-order valence-electron chi connectivity index (χ1n) is 8.16. The molecule has 2 aromatic carbocycles. The lowest BCUT2D eigenvalue weighted by atomic mass is 10.2. The van der Waals surface area contributed by atoms with Gasteiger partial charge < -0.3 is 15.4 Å². The molecule has 0 spiro atoms. The Balaban J connectivity index is 1.90. The van der Waals surface area contributed by atoms with Crippen molar-refractivity contribution in [2.24, 2.45) is 0 Å². The average molecular weight is 370 g/mol.